The fraction of sp³-hybridized carbons (Fsp3) is 0.350. The van der Waals surface area contributed by atoms with Gasteiger partial charge in [0.25, 0.3) is 0 Å². The number of primary amides is 1. The number of aryl methyl sites for hydroxylation is 1. The van der Waals surface area contributed by atoms with E-state index in [-0.39, 0.29) is 17.4 Å². The lowest BCUT2D eigenvalue weighted by atomic mass is 9.84. The molecule has 2 heterocycles. The number of likely N-dealkylation sites (tertiary alicyclic amines) is 1. The minimum atomic E-state index is -0.993. The average molecular weight is 371 g/mol. The lowest BCUT2D eigenvalue weighted by Gasteiger charge is -2.38. The Morgan fingerprint density at radius 1 is 1.30 bits per heavy atom. The highest BCUT2D eigenvalue weighted by Gasteiger charge is 2.33. The summed E-state index contributed by atoms with van der Waals surface area (Å²) in [7, 11) is 0. The average Bonchev–Trinajstić information content (AvgIpc) is 2.66. The van der Waals surface area contributed by atoms with Crippen molar-refractivity contribution in [3.05, 3.63) is 65.2 Å². The number of nitrogens with two attached hydrogens (primary N) is 1. The van der Waals surface area contributed by atoms with Crippen LogP contribution in [0.25, 0.3) is 0 Å². The molecule has 2 amide bonds. The second-order valence-electron chi connectivity index (χ2n) is 6.92. The van der Waals surface area contributed by atoms with Crippen molar-refractivity contribution in [1.29, 1.82) is 0 Å². The van der Waals surface area contributed by atoms with Crippen molar-refractivity contribution in [2.75, 3.05) is 6.54 Å². The highest BCUT2D eigenvalue weighted by molar-refractivity contribution is 5.92. The molecule has 3 N–H and O–H groups in total. The third-order valence-corrected chi connectivity index (χ3v) is 5.12. The molecule has 1 aromatic heterocycles. The molecule has 2 atom stereocenters. The molecule has 1 fully saturated rings. The van der Waals surface area contributed by atoms with Gasteiger partial charge in [0, 0.05) is 18.9 Å². The second-order valence-corrected chi connectivity index (χ2v) is 6.92. The van der Waals surface area contributed by atoms with Crippen LogP contribution in [-0.2, 0) is 6.42 Å². The number of halogens is 1. The molecule has 0 bridgehead atoms. The number of nitrogens with zero attached hydrogens (tertiary/aromatic N) is 2. The Hall–Kier alpha value is -2.96. The fourth-order valence-electron chi connectivity index (χ4n) is 3.68. The maximum atomic E-state index is 13.3. The molecule has 0 aliphatic carbocycles. The lowest BCUT2D eigenvalue weighted by molar-refractivity contribution is 0.0876. The predicted octanol–water partition coefficient (Wildman–Crippen LogP) is 3.38. The number of amides is 2. The Labute approximate surface area is 156 Å². The largest absolute Gasteiger partial charge is 0.465 e. The first kappa shape index (κ1) is 18.8. The van der Waals surface area contributed by atoms with Crippen molar-refractivity contribution in [1.82, 2.24) is 9.88 Å². The summed E-state index contributed by atoms with van der Waals surface area (Å²) in [4.78, 5) is 28.5. The number of rotatable bonds is 5. The summed E-state index contributed by atoms with van der Waals surface area (Å²) in [6.07, 6.45) is 4.93. The summed E-state index contributed by atoms with van der Waals surface area (Å²) >= 11 is 0. The standard InChI is InChI=1S/C20H22FN3O3/c21-17-3-1-2-13(8-17)4-5-14-6-7-24(20(26)27)18(9-14)15-10-16(19(22)25)12-23-11-15/h1-3,8,10-12,14,18H,4-7,9H2,(H2,22,25)(H,26,27). The SMILES string of the molecule is NC(=O)c1cncc(C2CC(CCc3cccc(F)c3)CCN2C(=O)O)c1. The van der Waals surface area contributed by atoms with Crippen LogP contribution < -0.4 is 5.73 Å². The fourth-order valence-corrected chi connectivity index (χ4v) is 3.68. The van der Waals surface area contributed by atoms with Gasteiger partial charge in [0.15, 0.2) is 0 Å². The van der Waals surface area contributed by atoms with E-state index in [2.05, 4.69) is 4.98 Å². The van der Waals surface area contributed by atoms with Crippen molar-refractivity contribution < 1.29 is 19.1 Å². The number of hydrogen-bond donors (Lipinski definition) is 2. The third-order valence-electron chi connectivity index (χ3n) is 5.12. The number of pyridine rings is 1. The molecule has 0 spiro atoms. The van der Waals surface area contributed by atoms with Gasteiger partial charge in [-0.1, -0.05) is 12.1 Å². The number of piperidine rings is 1. The molecule has 7 heteroatoms. The maximum absolute atomic E-state index is 13.3. The number of carboxylic acid groups (broad SMARTS) is 1. The number of carbonyl (C=O) groups is 2. The van der Waals surface area contributed by atoms with Gasteiger partial charge >= 0.3 is 6.09 Å². The smallest absolute Gasteiger partial charge is 0.407 e. The van der Waals surface area contributed by atoms with Crippen molar-refractivity contribution in [3.63, 3.8) is 0 Å². The molecule has 1 aliphatic rings. The van der Waals surface area contributed by atoms with Crippen LogP contribution in [-0.4, -0.2) is 33.5 Å². The number of hydrogen-bond acceptors (Lipinski definition) is 3. The zero-order valence-electron chi connectivity index (χ0n) is 14.8. The quantitative estimate of drug-likeness (QED) is 0.842. The summed E-state index contributed by atoms with van der Waals surface area (Å²) in [5, 5.41) is 9.55. The van der Waals surface area contributed by atoms with Gasteiger partial charge in [-0.15, -0.1) is 0 Å². The highest BCUT2D eigenvalue weighted by atomic mass is 19.1. The van der Waals surface area contributed by atoms with E-state index in [1.165, 1.54) is 23.2 Å². The van der Waals surface area contributed by atoms with E-state index in [9.17, 15) is 19.1 Å². The summed E-state index contributed by atoms with van der Waals surface area (Å²) < 4.78 is 13.3. The molecule has 2 aromatic rings. The third kappa shape index (κ3) is 4.61. The Kier molecular flexibility index (Phi) is 5.69. The van der Waals surface area contributed by atoms with Gasteiger partial charge in [-0.3, -0.25) is 9.78 Å². The molecule has 1 saturated heterocycles. The first-order chi connectivity index (χ1) is 12.9. The molecule has 142 valence electrons. The van der Waals surface area contributed by atoms with Crippen LogP contribution in [0.15, 0.2) is 42.7 Å². The Balaban J connectivity index is 1.74. The monoisotopic (exact) mass is 371 g/mol. The normalized spacial score (nSPS) is 19.7. The molecular weight excluding hydrogens is 349 g/mol. The number of aromatic nitrogens is 1. The highest BCUT2D eigenvalue weighted by Crippen LogP contribution is 2.36. The van der Waals surface area contributed by atoms with Crippen LogP contribution in [0, 0.1) is 11.7 Å². The van der Waals surface area contributed by atoms with Gasteiger partial charge in [0.2, 0.25) is 5.91 Å². The van der Waals surface area contributed by atoms with Gasteiger partial charge in [-0.25, -0.2) is 9.18 Å². The first-order valence-electron chi connectivity index (χ1n) is 8.93. The van der Waals surface area contributed by atoms with E-state index < -0.39 is 12.0 Å². The molecule has 1 aliphatic heterocycles. The van der Waals surface area contributed by atoms with Crippen LogP contribution >= 0.6 is 0 Å². The molecule has 2 unspecified atom stereocenters. The molecule has 1 aromatic carbocycles. The molecule has 6 nitrogen and oxygen atoms in total. The topological polar surface area (TPSA) is 96.5 Å². The van der Waals surface area contributed by atoms with Crippen molar-refractivity contribution in [3.8, 4) is 0 Å². The van der Waals surface area contributed by atoms with Gasteiger partial charge < -0.3 is 15.7 Å². The summed E-state index contributed by atoms with van der Waals surface area (Å²) in [6, 6.07) is 7.79. The van der Waals surface area contributed by atoms with E-state index in [4.69, 9.17) is 5.73 Å². The maximum Gasteiger partial charge on any atom is 0.407 e. The summed E-state index contributed by atoms with van der Waals surface area (Å²) in [5.74, 6) is -0.545. The first-order valence-corrected chi connectivity index (χ1v) is 8.93. The van der Waals surface area contributed by atoms with Crippen LogP contribution in [0.3, 0.4) is 0 Å². The van der Waals surface area contributed by atoms with E-state index in [0.717, 1.165) is 24.8 Å². The zero-order chi connectivity index (χ0) is 19.4. The van der Waals surface area contributed by atoms with Crippen LogP contribution in [0.1, 0.15) is 46.8 Å². The Bertz CT molecular complexity index is 843. The van der Waals surface area contributed by atoms with Gasteiger partial charge in [-0.05, 0) is 60.9 Å². The van der Waals surface area contributed by atoms with Crippen LogP contribution in [0.2, 0.25) is 0 Å². The van der Waals surface area contributed by atoms with E-state index in [0.29, 0.717) is 24.4 Å². The molecule has 3 rings (SSSR count). The molecule has 0 radical (unpaired) electrons. The van der Waals surface area contributed by atoms with Crippen molar-refractivity contribution in [2.45, 2.75) is 31.7 Å². The van der Waals surface area contributed by atoms with Crippen molar-refractivity contribution >= 4 is 12.0 Å². The molecular formula is C20H22FN3O3. The lowest BCUT2D eigenvalue weighted by Crippen LogP contribution is -2.40. The minimum Gasteiger partial charge on any atom is -0.465 e. The zero-order valence-corrected chi connectivity index (χ0v) is 14.8. The van der Waals surface area contributed by atoms with E-state index in [1.807, 2.05) is 6.07 Å². The van der Waals surface area contributed by atoms with Gasteiger partial charge in [0.05, 0.1) is 11.6 Å². The predicted molar refractivity (Wildman–Crippen MR) is 97.7 cm³/mol. The van der Waals surface area contributed by atoms with Crippen LogP contribution in [0.5, 0.6) is 0 Å². The number of benzene rings is 1. The number of carbonyl (C=O) groups excluding carboxylic acids is 1. The summed E-state index contributed by atoms with van der Waals surface area (Å²) in [6.45, 7) is 0.411. The van der Waals surface area contributed by atoms with Crippen LogP contribution in [0.4, 0.5) is 9.18 Å². The summed E-state index contributed by atoms with van der Waals surface area (Å²) in [5.41, 5.74) is 7.19. The van der Waals surface area contributed by atoms with Crippen molar-refractivity contribution in [2.24, 2.45) is 11.7 Å². The minimum absolute atomic E-state index is 0.250. The Morgan fingerprint density at radius 2 is 2.11 bits per heavy atom. The second kappa shape index (κ2) is 8.16. The van der Waals surface area contributed by atoms with E-state index >= 15 is 0 Å². The molecule has 0 saturated carbocycles. The van der Waals surface area contributed by atoms with E-state index in [1.54, 1.807) is 18.3 Å². The Morgan fingerprint density at radius 3 is 2.81 bits per heavy atom. The van der Waals surface area contributed by atoms with Gasteiger partial charge in [-0.2, -0.15) is 0 Å². The molecule has 27 heavy (non-hydrogen) atoms. The van der Waals surface area contributed by atoms with Gasteiger partial charge in [0.1, 0.15) is 5.82 Å².